The zero-order valence-corrected chi connectivity index (χ0v) is 11.5. The molecule has 0 saturated carbocycles. The molecular formula is C13H23NO3. The van der Waals surface area contributed by atoms with Crippen molar-refractivity contribution >= 4 is 5.91 Å². The van der Waals surface area contributed by atoms with E-state index in [0.717, 1.165) is 0 Å². The van der Waals surface area contributed by atoms with Gasteiger partial charge < -0.3 is 15.2 Å². The summed E-state index contributed by atoms with van der Waals surface area (Å²) in [6.45, 7) is 7.52. The number of hydrogen-bond donors (Lipinski definition) is 1. The Morgan fingerprint density at radius 1 is 1.12 bits per heavy atom. The molecular weight excluding hydrogens is 218 g/mol. The van der Waals surface area contributed by atoms with Crippen LogP contribution in [0.2, 0.25) is 0 Å². The second-order valence-electron chi connectivity index (χ2n) is 2.82. The van der Waals surface area contributed by atoms with Crippen molar-refractivity contribution in [2.45, 2.75) is 27.7 Å². The molecule has 0 aromatic heterocycles. The molecule has 4 nitrogen and oxygen atoms in total. The summed E-state index contributed by atoms with van der Waals surface area (Å²) in [6, 6.07) is 0. The average Bonchev–Trinajstić information content (AvgIpc) is 2.35. The van der Waals surface area contributed by atoms with Crippen molar-refractivity contribution in [3.8, 4) is 0 Å². The molecule has 0 aromatic rings. The van der Waals surface area contributed by atoms with Crippen molar-refractivity contribution in [2.75, 3.05) is 14.2 Å². The summed E-state index contributed by atoms with van der Waals surface area (Å²) in [5.41, 5.74) is 5.55. The smallest absolute Gasteiger partial charge is 0.248 e. The standard InChI is InChI=1S/C11H17NO3.C2H6/c1-5-9(11(12)13)7-10(15-4)6-8(2)14-3;1-2/h5-7H,1-4H3,(H2,12,13);1-2H3/b8-6+,9-5+,10-7+;. The van der Waals surface area contributed by atoms with E-state index in [1.54, 1.807) is 39.2 Å². The zero-order valence-electron chi connectivity index (χ0n) is 11.5. The summed E-state index contributed by atoms with van der Waals surface area (Å²) >= 11 is 0. The van der Waals surface area contributed by atoms with Crippen LogP contribution >= 0.6 is 0 Å². The van der Waals surface area contributed by atoms with Crippen LogP contribution in [0.5, 0.6) is 0 Å². The Morgan fingerprint density at radius 3 is 1.94 bits per heavy atom. The molecule has 0 radical (unpaired) electrons. The summed E-state index contributed by atoms with van der Waals surface area (Å²) in [4.78, 5) is 10.9. The molecule has 0 bridgehead atoms. The quantitative estimate of drug-likeness (QED) is 0.457. The van der Waals surface area contributed by atoms with Gasteiger partial charge in [0.15, 0.2) is 0 Å². The van der Waals surface area contributed by atoms with Gasteiger partial charge >= 0.3 is 0 Å². The number of carbonyl (C=O) groups is 1. The number of methoxy groups -OCH3 is 2. The first-order chi connectivity index (χ1) is 8.04. The SMILES string of the molecule is CC.C\C=C(/C=C(\C=C(/C)OC)OC)C(N)=O. The Balaban J connectivity index is 0. The van der Waals surface area contributed by atoms with Crippen LogP contribution in [-0.2, 0) is 14.3 Å². The van der Waals surface area contributed by atoms with Gasteiger partial charge in [0.1, 0.15) is 5.76 Å². The van der Waals surface area contributed by atoms with Gasteiger partial charge in [-0.05, 0) is 19.9 Å². The van der Waals surface area contributed by atoms with Crippen LogP contribution in [0.3, 0.4) is 0 Å². The van der Waals surface area contributed by atoms with Crippen molar-refractivity contribution in [1.82, 2.24) is 0 Å². The largest absolute Gasteiger partial charge is 0.501 e. The highest BCUT2D eigenvalue weighted by atomic mass is 16.5. The number of amides is 1. The molecule has 2 N–H and O–H groups in total. The number of allylic oxidation sites excluding steroid dienone is 3. The van der Waals surface area contributed by atoms with Gasteiger partial charge in [0.25, 0.3) is 0 Å². The van der Waals surface area contributed by atoms with Gasteiger partial charge in [-0.3, -0.25) is 4.79 Å². The van der Waals surface area contributed by atoms with Crippen molar-refractivity contribution in [3.63, 3.8) is 0 Å². The number of rotatable bonds is 5. The fourth-order valence-electron chi connectivity index (χ4n) is 0.869. The number of ether oxygens (including phenoxy) is 2. The van der Waals surface area contributed by atoms with Crippen LogP contribution in [0.4, 0.5) is 0 Å². The molecule has 0 aliphatic heterocycles. The third kappa shape index (κ3) is 8.13. The third-order valence-corrected chi connectivity index (χ3v) is 1.80. The Kier molecular flexibility index (Phi) is 11.2. The lowest BCUT2D eigenvalue weighted by molar-refractivity contribution is -0.114. The Morgan fingerprint density at radius 2 is 1.65 bits per heavy atom. The van der Waals surface area contributed by atoms with E-state index in [-0.39, 0.29) is 0 Å². The van der Waals surface area contributed by atoms with Crippen molar-refractivity contribution in [2.24, 2.45) is 5.73 Å². The second kappa shape index (κ2) is 10.8. The molecule has 0 aliphatic rings. The van der Waals surface area contributed by atoms with Gasteiger partial charge in [0.05, 0.1) is 20.0 Å². The number of primary amides is 1. The Hall–Kier alpha value is -1.71. The van der Waals surface area contributed by atoms with Crippen molar-refractivity contribution in [3.05, 3.63) is 35.3 Å². The highest BCUT2D eigenvalue weighted by Crippen LogP contribution is 2.08. The van der Waals surface area contributed by atoms with Crippen molar-refractivity contribution < 1.29 is 14.3 Å². The molecule has 4 heteroatoms. The van der Waals surface area contributed by atoms with Crippen molar-refractivity contribution in [1.29, 1.82) is 0 Å². The molecule has 0 heterocycles. The first-order valence-electron chi connectivity index (χ1n) is 5.49. The van der Waals surface area contributed by atoms with E-state index in [4.69, 9.17) is 15.2 Å². The summed E-state index contributed by atoms with van der Waals surface area (Å²) in [5.74, 6) is 0.708. The van der Waals surface area contributed by atoms with E-state index in [1.807, 2.05) is 13.8 Å². The first kappa shape index (κ1) is 17.7. The molecule has 0 aromatic carbocycles. The minimum Gasteiger partial charge on any atom is -0.501 e. The molecule has 0 fully saturated rings. The fraction of sp³-hybridized carbons (Fsp3) is 0.462. The van der Waals surface area contributed by atoms with E-state index in [1.165, 1.54) is 7.11 Å². The Labute approximate surface area is 104 Å². The molecule has 1 amide bonds. The molecule has 0 spiro atoms. The minimum absolute atomic E-state index is 0.395. The number of nitrogens with two attached hydrogens (primary N) is 1. The normalized spacial score (nSPS) is 12.5. The van der Waals surface area contributed by atoms with Gasteiger partial charge in [-0.2, -0.15) is 0 Å². The fourth-order valence-corrected chi connectivity index (χ4v) is 0.869. The number of carbonyl (C=O) groups excluding carboxylic acids is 1. The summed E-state index contributed by atoms with van der Waals surface area (Å²) in [7, 11) is 3.07. The van der Waals surface area contributed by atoms with E-state index in [9.17, 15) is 4.79 Å². The highest BCUT2D eigenvalue weighted by Gasteiger charge is 2.02. The summed E-state index contributed by atoms with van der Waals surface area (Å²) < 4.78 is 10.0. The molecule has 0 aliphatic carbocycles. The topological polar surface area (TPSA) is 61.6 Å². The lowest BCUT2D eigenvalue weighted by Crippen LogP contribution is -2.12. The predicted molar refractivity (Wildman–Crippen MR) is 70.2 cm³/mol. The van der Waals surface area contributed by atoms with E-state index in [2.05, 4.69) is 0 Å². The summed E-state index contributed by atoms with van der Waals surface area (Å²) in [5, 5.41) is 0. The van der Waals surface area contributed by atoms with E-state index < -0.39 is 5.91 Å². The maximum absolute atomic E-state index is 10.9. The van der Waals surface area contributed by atoms with E-state index in [0.29, 0.717) is 17.1 Å². The zero-order chi connectivity index (χ0) is 13.8. The molecule has 0 unspecified atom stereocenters. The lowest BCUT2D eigenvalue weighted by Gasteiger charge is -2.04. The predicted octanol–water partition coefficient (Wildman–Crippen LogP) is 2.52. The van der Waals surface area contributed by atoms with Gasteiger partial charge in [-0.25, -0.2) is 0 Å². The lowest BCUT2D eigenvalue weighted by atomic mass is 10.2. The number of hydrogen-bond acceptors (Lipinski definition) is 3. The Bertz CT molecular complexity index is 315. The van der Waals surface area contributed by atoms with Crippen LogP contribution in [0.15, 0.2) is 35.3 Å². The second-order valence-corrected chi connectivity index (χ2v) is 2.82. The van der Waals surface area contributed by atoms with Gasteiger partial charge in [0.2, 0.25) is 5.91 Å². The minimum atomic E-state index is -0.490. The summed E-state index contributed by atoms with van der Waals surface area (Å²) in [6.07, 6.45) is 4.86. The molecule has 0 rings (SSSR count). The molecule has 0 atom stereocenters. The molecule has 17 heavy (non-hydrogen) atoms. The van der Waals surface area contributed by atoms with Crippen LogP contribution in [0.25, 0.3) is 0 Å². The van der Waals surface area contributed by atoms with Crippen LogP contribution in [0.1, 0.15) is 27.7 Å². The van der Waals surface area contributed by atoms with Gasteiger partial charge in [-0.1, -0.05) is 19.9 Å². The van der Waals surface area contributed by atoms with Gasteiger partial charge in [0, 0.05) is 11.6 Å². The van der Waals surface area contributed by atoms with E-state index >= 15 is 0 Å². The third-order valence-electron chi connectivity index (χ3n) is 1.80. The van der Waals surface area contributed by atoms with Crippen LogP contribution in [0, 0.1) is 0 Å². The van der Waals surface area contributed by atoms with Gasteiger partial charge in [-0.15, -0.1) is 0 Å². The molecule has 0 saturated heterocycles. The highest BCUT2D eigenvalue weighted by molar-refractivity contribution is 5.94. The maximum atomic E-state index is 10.9. The van der Waals surface area contributed by atoms with Crippen LogP contribution < -0.4 is 5.73 Å². The monoisotopic (exact) mass is 241 g/mol. The maximum Gasteiger partial charge on any atom is 0.248 e. The van der Waals surface area contributed by atoms with Crippen LogP contribution in [-0.4, -0.2) is 20.1 Å². The molecule has 98 valence electrons. The first-order valence-corrected chi connectivity index (χ1v) is 5.49. The average molecular weight is 241 g/mol.